The smallest absolute Gasteiger partial charge is 0.338 e. The fourth-order valence-electron chi connectivity index (χ4n) is 2.53. The summed E-state index contributed by atoms with van der Waals surface area (Å²) in [5, 5.41) is 88.6. The number of hydrogen-bond acceptors (Lipinski definition) is 16. The monoisotopic (exact) mass is 601 g/mol. The highest BCUT2D eigenvalue weighted by atomic mass is 16.6. The number of ether oxygens (including phenoxy) is 3. The molecule has 0 aromatic carbocycles. The minimum Gasteiger partial charge on any atom is -0.461 e. The summed E-state index contributed by atoms with van der Waals surface area (Å²) in [5.41, 5.74) is 0. The van der Waals surface area contributed by atoms with Crippen LogP contribution in [0.4, 0.5) is 0 Å². The number of nitrogens with one attached hydrogen (secondary N) is 1. The molecule has 0 saturated carbocycles. The molecule has 1 amide bonds. The van der Waals surface area contributed by atoms with E-state index in [-0.39, 0.29) is 0 Å². The van der Waals surface area contributed by atoms with Crippen molar-refractivity contribution in [2.24, 2.45) is 0 Å². The number of esters is 3. The lowest BCUT2D eigenvalue weighted by Gasteiger charge is -2.26. The summed E-state index contributed by atoms with van der Waals surface area (Å²) in [5.74, 6) is -5.25. The molecule has 0 aliphatic carbocycles. The Bertz CT molecular complexity index is 809. The molecular weight excluding hydrogens is 558 g/mol. The maximum absolute atomic E-state index is 12.4. The summed E-state index contributed by atoms with van der Waals surface area (Å²) < 4.78 is 14.0. The topological polar surface area (TPSA) is 290 Å². The second-order valence-electron chi connectivity index (χ2n) is 8.89. The molecule has 17 heteroatoms. The number of hydrogen-bond donors (Lipinski definition) is 10. The van der Waals surface area contributed by atoms with E-state index in [4.69, 9.17) is 9.84 Å². The molecule has 0 heterocycles. The molecule has 0 saturated heterocycles. The van der Waals surface area contributed by atoms with Crippen LogP contribution in [0.1, 0.15) is 34.1 Å². The summed E-state index contributed by atoms with van der Waals surface area (Å²) in [4.78, 5) is 47.6. The highest BCUT2D eigenvalue weighted by molar-refractivity contribution is 5.91. The van der Waals surface area contributed by atoms with E-state index in [2.05, 4.69) is 29.9 Å². The van der Waals surface area contributed by atoms with Crippen LogP contribution in [-0.2, 0) is 33.4 Å². The van der Waals surface area contributed by atoms with Crippen LogP contribution in [0.3, 0.4) is 0 Å². The molecule has 0 aromatic rings. The van der Waals surface area contributed by atoms with Crippen molar-refractivity contribution in [1.29, 1.82) is 0 Å². The summed E-state index contributed by atoms with van der Waals surface area (Å²) in [7, 11) is 0. The number of aliphatic hydroxyl groups is 9. The van der Waals surface area contributed by atoms with Crippen molar-refractivity contribution in [2.75, 3.05) is 19.8 Å². The first-order chi connectivity index (χ1) is 19.0. The summed E-state index contributed by atoms with van der Waals surface area (Å²) in [6.45, 7) is 7.21. The Kier molecular flexibility index (Phi) is 20.7. The first kappa shape index (κ1) is 40.4. The minimum absolute atomic E-state index is 0.661. The molecule has 0 radical (unpaired) electrons. The Hall–Kier alpha value is -2.74. The van der Waals surface area contributed by atoms with Gasteiger partial charge in [0.15, 0.2) is 18.2 Å². The molecule has 240 valence electrons. The van der Waals surface area contributed by atoms with Crippen LogP contribution < -0.4 is 5.32 Å². The molecule has 0 aliphatic heterocycles. The van der Waals surface area contributed by atoms with Crippen LogP contribution in [-0.4, -0.2) is 151 Å². The van der Waals surface area contributed by atoms with Crippen LogP contribution in [0.5, 0.6) is 0 Å². The van der Waals surface area contributed by atoms with Crippen molar-refractivity contribution in [3.05, 3.63) is 12.7 Å². The van der Waals surface area contributed by atoms with E-state index in [0.29, 0.717) is 0 Å². The van der Waals surface area contributed by atoms with Crippen molar-refractivity contribution < 1.29 is 79.3 Å². The molecule has 41 heavy (non-hydrogen) atoms. The number of amides is 1. The standard InChI is InChI=1S/C21H35NO16.C3H8/c1-4-12(26)22-9(6-36-20(34)17(31)15(29)13(27)10(24)5-23)19(33)37-7-11(25)14(28)16(30)18(32)21(35)38-8(2)3;1-3-2/h4,8-11,13-18,23-25,27-32H,1,5-7H2,2-3H3,(H,22,26);3H2,1-2H3. The lowest BCUT2D eigenvalue weighted by atomic mass is 10.0. The van der Waals surface area contributed by atoms with Gasteiger partial charge >= 0.3 is 17.9 Å². The maximum atomic E-state index is 12.4. The molecule has 0 aromatic heterocycles. The molecule has 0 fully saturated rings. The summed E-state index contributed by atoms with van der Waals surface area (Å²) >= 11 is 0. The number of rotatable bonds is 17. The van der Waals surface area contributed by atoms with Gasteiger partial charge < -0.3 is 65.5 Å². The first-order valence-corrected chi connectivity index (χ1v) is 12.5. The molecule has 0 rings (SSSR count). The third-order valence-electron chi connectivity index (χ3n) is 4.73. The SMILES string of the molecule is C=CC(=O)NC(COC(=O)C(O)C(O)C(O)C(O)CO)C(=O)OCC(O)C(O)C(O)C(O)C(=O)OC(C)C.CCC. The van der Waals surface area contributed by atoms with E-state index in [0.717, 1.165) is 6.08 Å². The van der Waals surface area contributed by atoms with Crippen LogP contribution >= 0.6 is 0 Å². The van der Waals surface area contributed by atoms with Crippen LogP contribution in [0, 0.1) is 0 Å². The highest BCUT2D eigenvalue weighted by Crippen LogP contribution is 2.10. The van der Waals surface area contributed by atoms with Crippen LogP contribution in [0.15, 0.2) is 12.7 Å². The molecule has 10 N–H and O–H groups in total. The van der Waals surface area contributed by atoms with Gasteiger partial charge in [-0.2, -0.15) is 0 Å². The van der Waals surface area contributed by atoms with Gasteiger partial charge in [-0.25, -0.2) is 14.4 Å². The largest absolute Gasteiger partial charge is 0.461 e. The molecule has 0 bridgehead atoms. The van der Waals surface area contributed by atoms with Gasteiger partial charge in [0.2, 0.25) is 5.91 Å². The zero-order valence-electron chi connectivity index (χ0n) is 23.3. The van der Waals surface area contributed by atoms with E-state index in [1.165, 1.54) is 20.3 Å². The average molecular weight is 602 g/mol. The average Bonchev–Trinajstić information content (AvgIpc) is 2.94. The third-order valence-corrected chi connectivity index (χ3v) is 4.73. The van der Waals surface area contributed by atoms with E-state index in [1.54, 1.807) is 0 Å². The Balaban J connectivity index is 0. The minimum atomic E-state index is -2.45. The molecule has 9 unspecified atom stereocenters. The maximum Gasteiger partial charge on any atom is 0.338 e. The molecule has 17 nitrogen and oxygen atoms in total. The van der Waals surface area contributed by atoms with Crippen LogP contribution in [0.25, 0.3) is 0 Å². The van der Waals surface area contributed by atoms with Crippen molar-refractivity contribution >= 4 is 23.8 Å². The predicted octanol–water partition coefficient (Wildman–Crippen LogP) is -5.01. The third kappa shape index (κ3) is 15.2. The predicted molar refractivity (Wildman–Crippen MR) is 136 cm³/mol. The Morgan fingerprint density at radius 3 is 1.61 bits per heavy atom. The van der Waals surface area contributed by atoms with Gasteiger partial charge in [-0.1, -0.05) is 26.8 Å². The van der Waals surface area contributed by atoms with E-state index in [9.17, 15) is 60.0 Å². The molecular formula is C24H43NO16. The zero-order valence-corrected chi connectivity index (χ0v) is 23.3. The Labute approximate surface area is 236 Å². The normalized spacial score (nSPS) is 17.6. The van der Waals surface area contributed by atoms with E-state index >= 15 is 0 Å². The number of carbonyl (C=O) groups excluding carboxylic acids is 4. The fourth-order valence-corrected chi connectivity index (χ4v) is 2.53. The second-order valence-corrected chi connectivity index (χ2v) is 8.89. The van der Waals surface area contributed by atoms with Crippen molar-refractivity contribution in [3.63, 3.8) is 0 Å². The lowest BCUT2D eigenvalue weighted by molar-refractivity contribution is -0.178. The van der Waals surface area contributed by atoms with Gasteiger partial charge in [-0.3, -0.25) is 4.79 Å². The van der Waals surface area contributed by atoms with Gasteiger partial charge in [0.25, 0.3) is 0 Å². The Morgan fingerprint density at radius 2 is 1.17 bits per heavy atom. The number of aliphatic hydroxyl groups excluding tert-OH is 9. The van der Waals surface area contributed by atoms with Gasteiger partial charge in [0.05, 0.1) is 12.7 Å². The molecule has 9 atom stereocenters. The van der Waals surface area contributed by atoms with E-state index < -0.39 is 105 Å². The van der Waals surface area contributed by atoms with Crippen molar-refractivity contribution in [1.82, 2.24) is 5.32 Å². The fraction of sp³-hybridized carbons (Fsp3) is 0.750. The number of carbonyl (C=O) groups is 4. The lowest BCUT2D eigenvalue weighted by Crippen LogP contribution is -2.51. The highest BCUT2D eigenvalue weighted by Gasteiger charge is 2.38. The Morgan fingerprint density at radius 1 is 0.732 bits per heavy atom. The zero-order chi connectivity index (χ0) is 32.4. The first-order valence-electron chi connectivity index (χ1n) is 12.5. The quantitative estimate of drug-likeness (QED) is 0.0424. The molecule has 0 spiro atoms. The van der Waals surface area contributed by atoms with Gasteiger partial charge in [-0.15, -0.1) is 0 Å². The van der Waals surface area contributed by atoms with Gasteiger partial charge in [-0.05, 0) is 19.9 Å². The second kappa shape index (κ2) is 21.0. The summed E-state index contributed by atoms with van der Waals surface area (Å²) in [6, 6.07) is -1.80. The van der Waals surface area contributed by atoms with Gasteiger partial charge in [0.1, 0.15) is 49.8 Å². The van der Waals surface area contributed by atoms with Crippen LogP contribution in [0.2, 0.25) is 0 Å². The van der Waals surface area contributed by atoms with Crippen molar-refractivity contribution in [3.8, 4) is 0 Å². The van der Waals surface area contributed by atoms with E-state index in [1.807, 2.05) is 5.32 Å². The summed E-state index contributed by atoms with van der Waals surface area (Å²) in [6.07, 6.45) is -16.3. The van der Waals surface area contributed by atoms with Crippen molar-refractivity contribution in [2.45, 2.75) is 95.1 Å². The molecule has 0 aliphatic rings. The van der Waals surface area contributed by atoms with Gasteiger partial charge in [0, 0.05) is 0 Å².